The Bertz CT molecular complexity index is 1630. The first-order valence-corrected chi connectivity index (χ1v) is 23.5. The fourth-order valence-corrected chi connectivity index (χ4v) is 14.1. The Morgan fingerprint density at radius 3 is 1.95 bits per heavy atom. The number of aliphatic hydroxyl groups excluding tert-OH is 10. The molecule has 0 amide bonds. The summed E-state index contributed by atoms with van der Waals surface area (Å²) in [6, 6.07) is 0. The molecule has 10 N–H and O–H groups in total. The fraction of sp³-hybridized carbons (Fsp3) is 0.956. The van der Waals surface area contributed by atoms with Crippen LogP contribution in [-0.2, 0) is 37.9 Å². The van der Waals surface area contributed by atoms with Crippen LogP contribution < -0.4 is 0 Å². The molecule has 26 atom stereocenters. The molecule has 0 bridgehead atoms. The van der Waals surface area contributed by atoms with E-state index in [4.69, 9.17) is 37.9 Å². The van der Waals surface area contributed by atoms with Gasteiger partial charge in [-0.2, -0.15) is 0 Å². The molecule has 1 spiro atoms. The van der Waals surface area contributed by atoms with Crippen LogP contribution in [0.15, 0.2) is 11.6 Å². The summed E-state index contributed by atoms with van der Waals surface area (Å²) >= 11 is 0. The summed E-state index contributed by atoms with van der Waals surface area (Å²) in [5, 5.41) is 106. The Hall–Kier alpha value is -0.980. The Morgan fingerprint density at radius 1 is 0.651 bits per heavy atom. The third kappa shape index (κ3) is 7.81. The SMILES string of the molecule is CC1CCC2(OC1)OC1CC3C4CC=C5CC(OC6OC(CO)C(OC7OC(CO)C(O)C(O)C7OC7OC(CO)C(O)C(O)C7O)C(O)C6O)CCC5(C)C4CCC3(C)C1C2C. The minimum absolute atomic E-state index is 0.00493. The second-order valence-electron chi connectivity index (χ2n) is 21.1. The summed E-state index contributed by atoms with van der Waals surface area (Å²) in [6.07, 6.45) is -13.6. The lowest BCUT2D eigenvalue weighted by molar-refractivity contribution is -0.390. The molecule has 8 fully saturated rings. The van der Waals surface area contributed by atoms with Gasteiger partial charge in [-0.1, -0.05) is 39.3 Å². The molecule has 9 rings (SSSR count). The van der Waals surface area contributed by atoms with Crippen LogP contribution in [0, 0.1) is 46.3 Å². The van der Waals surface area contributed by atoms with Crippen molar-refractivity contribution in [3.05, 3.63) is 11.6 Å². The molecule has 3 saturated carbocycles. The van der Waals surface area contributed by atoms with Crippen molar-refractivity contribution in [2.45, 2.75) is 196 Å². The number of ether oxygens (including phenoxy) is 8. The molecule has 0 aromatic rings. The number of allylic oxidation sites excluding steroid dienone is 1. The zero-order valence-electron chi connectivity index (χ0n) is 36.8. The largest absolute Gasteiger partial charge is 0.394 e. The second-order valence-corrected chi connectivity index (χ2v) is 21.1. The second kappa shape index (κ2) is 17.8. The summed E-state index contributed by atoms with van der Waals surface area (Å²) in [7, 11) is 0. The van der Waals surface area contributed by atoms with Gasteiger partial charge in [-0.3, -0.25) is 0 Å². The maximum absolute atomic E-state index is 11.5. The Balaban J connectivity index is 0.849. The van der Waals surface area contributed by atoms with Crippen molar-refractivity contribution in [3.8, 4) is 0 Å². The van der Waals surface area contributed by atoms with E-state index >= 15 is 0 Å². The molecule has 5 saturated heterocycles. The van der Waals surface area contributed by atoms with Gasteiger partial charge in [-0.05, 0) is 91.8 Å². The molecule has 26 unspecified atom stereocenters. The molecule has 5 aliphatic heterocycles. The average molecular weight is 901 g/mol. The maximum Gasteiger partial charge on any atom is 0.187 e. The molecule has 18 heteroatoms. The third-order valence-electron chi connectivity index (χ3n) is 17.7. The highest BCUT2D eigenvalue weighted by atomic mass is 16.8. The molecule has 63 heavy (non-hydrogen) atoms. The first kappa shape index (κ1) is 47.1. The summed E-state index contributed by atoms with van der Waals surface area (Å²) in [6.45, 7) is 8.10. The highest BCUT2D eigenvalue weighted by Gasteiger charge is 2.69. The van der Waals surface area contributed by atoms with Gasteiger partial charge < -0.3 is 89.0 Å². The van der Waals surface area contributed by atoms with E-state index in [9.17, 15) is 51.1 Å². The number of hydrogen-bond donors (Lipinski definition) is 10. The minimum Gasteiger partial charge on any atom is -0.394 e. The van der Waals surface area contributed by atoms with Crippen molar-refractivity contribution in [3.63, 3.8) is 0 Å². The fourth-order valence-electron chi connectivity index (χ4n) is 14.1. The van der Waals surface area contributed by atoms with Gasteiger partial charge in [0, 0.05) is 12.3 Å². The highest BCUT2D eigenvalue weighted by molar-refractivity contribution is 5.26. The van der Waals surface area contributed by atoms with Gasteiger partial charge >= 0.3 is 0 Å². The Labute approximate surface area is 368 Å². The molecule has 360 valence electrons. The number of fused-ring (bicyclic) bond motifs is 7. The quantitative estimate of drug-likeness (QED) is 0.127. The Kier molecular flexibility index (Phi) is 13.3. The standard InChI is InChI=1S/C45H72O18/c1-19-7-12-45(56-18-19)20(2)30-26(63-45)14-25-23-6-5-21-13-22(8-10-43(21,3)24(23)9-11-44(25,30)4)57-40-37(55)35(53)38(29(17-48)60-40)61-42-39(34(52)32(50)28(16-47)59-42)62-41-36(54)33(51)31(49)27(15-46)58-41/h5,19-20,22-42,46-55H,6-18H2,1-4H3. The van der Waals surface area contributed by atoms with Crippen molar-refractivity contribution < 1.29 is 89.0 Å². The van der Waals surface area contributed by atoms with Crippen LogP contribution in [0.5, 0.6) is 0 Å². The lowest BCUT2D eigenvalue weighted by Gasteiger charge is -2.58. The number of aliphatic hydroxyl groups is 10. The maximum atomic E-state index is 11.5. The molecule has 5 heterocycles. The van der Waals surface area contributed by atoms with E-state index in [-0.39, 0.29) is 23.0 Å². The van der Waals surface area contributed by atoms with Crippen LogP contribution in [0.4, 0.5) is 0 Å². The van der Waals surface area contributed by atoms with E-state index in [1.165, 1.54) is 12.0 Å². The molecule has 0 aromatic heterocycles. The van der Waals surface area contributed by atoms with Crippen LogP contribution in [0.25, 0.3) is 0 Å². The number of hydrogen-bond acceptors (Lipinski definition) is 18. The van der Waals surface area contributed by atoms with Crippen molar-refractivity contribution >= 4 is 0 Å². The summed E-state index contributed by atoms with van der Waals surface area (Å²) < 4.78 is 48.9. The van der Waals surface area contributed by atoms with Crippen LogP contribution in [0.2, 0.25) is 0 Å². The van der Waals surface area contributed by atoms with Crippen molar-refractivity contribution in [1.82, 2.24) is 0 Å². The number of rotatable bonds is 9. The molecule has 18 nitrogen and oxygen atoms in total. The lowest BCUT2D eigenvalue weighted by Crippen LogP contribution is -2.67. The zero-order chi connectivity index (χ0) is 44.9. The van der Waals surface area contributed by atoms with Gasteiger partial charge in [-0.25, -0.2) is 0 Å². The summed E-state index contributed by atoms with van der Waals surface area (Å²) in [4.78, 5) is 0. The van der Waals surface area contributed by atoms with Crippen molar-refractivity contribution in [1.29, 1.82) is 0 Å². The summed E-state index contributed by atoms with van der Waals surface area (Å²) in [5.74, 6) is 2.65. The lowest BCUT2D eigenvalue weighted by atomic mass is 9.47. The summed E-state index contributed by atoms with van der Waals surface area (Å²) in [5.41, 5.74) is 1.54. The normalized spacial score (nSPS) is 56.9. The van der Waals surface area contributed by atoms with Crippen molar-refractivity contribution in [2.75, 3.05) is 26.4 Å². The van der Waals surface area contributed by atoms with Gasteiger partial charge in [0.2, 0.25) is 0 Å². The molecule has 0 radical (unpaired) electrons. The van der Waals surface area contributed by atoms with Gasteiger partial charge in [0.1, 0.15) is 73.2 Å². The molecule has 4 aliphatic carbocycles. The molecule has 0 aromatic carbocycles. The first-order valence-electron chi connectivity index (χ1n) is 23.5. The van der Waals surface area contributed by atoms with Crippen LogP contribution >= 0.6 is 0 Å². The van der Waals surface area contributed by atoms with E-state index in [1.807, 2.05) is 0 Å². The zero-order valence-corrected chi connectivity index (χ0v) is 36.8. The van der Waals surface area contributed by atoms with Crippen molar-refractivity contribution in [2.24, 2.45) is 46.3 Å². The van der Waals surface area contributed by atoms with Gasteiger partial charge in [0.05, 0.1) is 38.6 Å². The van der Waals surface area contributed by atoms with Gasteiger partial charge in [0.15, 0.2) is 24.7 Å². The van der Waals surface area contributed by atoms with Gasteiger partial charge in [0.25, 0.3) is 0 Å². The molecular formula is C45H72O18. The van der Waals surface area contributed by atoms with Gasteiger partial charge in [-0.15, -0.1) is 0 Å². The first-order chi connectivity index (χ1) is 30.0. The monoisotopic (exact) mass is 900 g/mol. The predicted octanol–water partition coefficient (Wildman–Crippen LogP) is -0.813. The molecular weight excluding hydrogens is 828 g/mol. The topological polar surface area (TPSA) is 276 Å². The van der Waals surface area contributed by atoms with Crippen LogP contribution in [0.1, 0.15) is 85.5 Å². The molecule has 9 aliphatic rings. The van der Waals surface area contributed by atoms with Crippen LogP contribution in [0.3, 0.4) is 0 Å². The third-order valence-corrected chi connectivity index (χ3v) is 17.7. The minimum atomic E-state index is -1.89. The van der Waals surface area contributed by atoms with E-state index in [2.05, 4.69) is 33.8 Å². The van der Waals surface area contributed by atoms with E-state index in [0.717, 1.165) is 45.1 Å². The van der Waals surface area contributed by atoms with E-state index < -0.39 is 118 Å². The van der Waals surface area contributed by atoms with E-state index in [1.54, 1.807) is 0 Å². The Morgan fingerprint density at radius 2 is 1.27 bits per heavy atom. The smallest absolute Gasteiger partial charge is 0.187 e. The average Bonchev–Trinajstić information content (AvgIpc) is 3.72. The van der Waals surface area contributed by atoms with E-state index in [0.29, 0.717) is 48.3 Å². The van der Waals surface area contributed by atoms with Crippen LogP contribution in [-0.4, -0.2) is 188 Å². The highest BCUT2D eigenvalue weighted by Crippen LogP contribution is 2.70. The predicted molar refractivity (Wildman–Crippen MR) is 216 cm³/mol.